The van der Waals surface area contributed by atoms with Gasteiger partial charge in [0, 0.05) is 19.0 Å². The Morgan fingerprint density at radius 2 is 2.17 bits per heavy atom. The van der Waals surface area contributed by atoms with Crippen molar-refractivity contribution in [1.82, 2.24) is 10.2 Å². The van der Waals surface area contributed by atoms with Crippen LogP contribution >= 0.6 is 0 Å². The fourth-order valence-corrected chi connectivity index (χ4v) is 2.69. The Kier molecular flexibility index (Phi) is 6.40. The summed E-state index contributed by atoms with van der Waals surface area (Å²) in [5.74, 6) is -0.802. The third kappa shape index (κ3) is 4.84. The Balaban J connectivity index is 1.77. The number of carbonyl (C=O) groups is 3. The predicted octanol–water partition coefficient (Wildman–Crippen LogP) is 1.48. The van der Waals surface area contributed by atoms with Gasteiger partial charge < -0.3 is 19.4 Å². The number of amides is 2. The number of carbonyl (C=O) groups excluding carboxylic acids is 3. The van der Waals surface area contributed by atoms with Gasteiger partial charge in [0.05, 0.1) is 18.7 Å². The van der Waals surface area contributed by atoms with E-state index in [9.17, 15) is 14.4 Å². The van der Waals surface area contributed by atoms with E-state index in [0.29, 0.717) is 12.3 Å². The van der Waals surface area contributed by atoms with Crippen molar-refractivity contribution in [2.75, 3.05) is 13.2 Å². The second-order valence-electron chi connectivity index (χ2n) is 5.94. The molecule has 2 amide bonds. The molecule has 2 rings (SSSR count). The quantitative estimate of drug-likeness (QED) is 0.726. The maximum absolute atomic E-state index is 12.1. The molecule has 1 atom stereocenters. The molecule has 0 unspecified atom stereocenters. The molecular formula is C17H24N2O5. The maximum atomic E-state index is 12.1. The summed E-state index contributed by atoms with van der Waals surface area (Å²) in [7, 11) is 0. The molecule has 1 aliphatic heterocycles. The minimum absolute atomic E-state index is 0.0908. The van der Waals surface area contributed by atoms with E-state index >= 15 is 0 Å². The minimum Gasteiger partial charge on any atom is -0.467 e. The van der Waals surface area contributed by atoms with Crippen LogP contribution < -0.4 is 5.32 Å². The Bertz CT molecular complexity index is 566. The van der Waals surface area contributed by atoms with Crippen molar-refractivity contribution in [3.05, 3.63) is 24.2 Å². The van der Waals surface area contributed by atoms with E-state index in [1.807, 2.05) is 13.8 Å². The number of esters is 1. The van der Waals surface area contributed by atoms with Crippen LogP contribution in [0, 0.1) is 5.92 Å². The molecule has 0 spiro atoms. The summed E-state index contributed by atoms with van der Waals surface area (Å²) in [4.78, 5) is 37.4. The zero-order valence-corrected chi connectivity index (χ0v) is 14.1. The molecule has 1 N–H and O–H groups in total. The molecule has 1 aliphatic rings. The second kappa shape index (κ2) is 8.52. The zero-order valence-electron chi connectivity index (χ0n) is 14.1. The molecule has 0 aliphatic carbocycles. The molecule has 24 heavy (non-hydrogen) atoms. The molecule has 1 fully saturated rings. The van der Waals surface area contributed by atoms with Crippen molar-refractivity contribution >= 4 is 17.8 Å². The van der Waals surface area contributed by atoms with Crippen LogP contribution in [0.25, 0.3) is 0 Å². The van der Waals surface area contributed by atoms with Gasteiger partial charge in [-0.1, -0.05) is 13.8 Å². The number of ether oxygens (including phenoxy) is 1. The first kappa shape index (κ1) is 18.0. The Morgan fingerprint density at radius 3 is 2.79 bits per heavy atom. The Labute approximate surface area is 141 Å². The summed E-state index contributed by atoms with van der Waals surface area (Å²) < 4.78 is 10.3. The molecule has 2 heterocycles. The van der Waals surface area contributed by atoms with E-state index in [1.165, 1.54) is 0 Å². The first-order valence-electron chi connectivity index (χ1n) is 8.29. The summed E-state index contributed by atoms with van der Waals surface area (Å²) in [5.41, 5.74) is 0. The highest BCUT2D eigenvalue weighted by atomic mass is 16.5. The van der Waals surface area contributed by atoms with Gasteiger partial charge in [-0.15, -0.1) is 0 Å². The van der Waals surface area contributed by atoms with Crippen LogP contribution in [-0.4, -0.2) is 41.9 Å². The molecule has 0 saturated carbocycles. The third-order valence-corrected chi connectivity index (χ3v) is 4.17. The van der Waals surface area contributed by atoms with Crippen molar-refractivity contribution in [1.29, 1.82) is 0 Å². The van der Waals surface area contributed by atoms with Gasteiger partial charge >= 0.3 is 5.97 Å². The van der Waals surface area contributed by atoms with Gasteiger partial charge in [0.25, 0.3) is 5.91 Å². The molecule has 0 aromatic carbocycles. The summed E-state index contributed by atoms with van der Waals surface area (Å²) in [6.45, 7) is 4.28. The Morgan fingerprint density at radius 1 is 1.42 bits per heavy atom. The normalized spacial score (nSPS) is 17.4. The number of rotatable bonds is 8. The lowest BCUT2D eigenvalue weighted by atomic mass is 10.1. The van der Waals surface area contributed by atoms with Gasteiger partial charge in [-0.05, 0) is 25.0 Å². The highest BCUT2D eigenvalue weighted by Crippen LogP contribution is 2.21. The first-order chi connectivity index (χ1) is 11.5. The van der Waals surface area contributed by atoms with E-state index in [-0.39, 0.29) is 37.4 Å². The highest BCUT2D eigenvalue weighted by molar-refractivity contribution is 5.88. The summed E-state index contributed by atoms with van der Waals surface area (Å²) in [5, 5.41) is 2.80. The monoisotopic (exact) mass is 336 g/mol. The van der Waals surface area contributed by atoms with Crippen LogP contribution in [0.3, 0.4) is 0 Å². The van der Waals surface area contributed by atoms with Crippen LogP contribution in [0.5, 0.6) is 0 Å². The fourth-order valence-electron chi connectivity index (χ4n) is 2.69. The molecule has 7 nitrogen and oxygen atoms in total. The lowest BCUT2D eigenvalue weighted by Crippen LogP contribution is -2.37. The summed E-state index contributed by atoms with van der Waals surface area (Å²) >= 11 is 0. The average molecular weight is 336 g/mol. The van der Waals surface area contributed by atoms with Gasteiger partial charge in [0.1, 0.15) is 5.76 Å². The fraction of sp³-hybridized carbons (Fsp3) is 0.588. The van der Waals surface area contributed by atoms with Crippen molar-refractivity contribution < 1.29 is 23.5 Å². The van der Waals surface area contributed by atoms with Gasteiger partial charge in [0.2, 0.25) is 5.91 Å². The molecule has 1 aromatic rings. The molecule has 1 aromatic heterocycles. The molecular weight excluding hydrogens is 312 g/mol. The molecule has 1 saturated heterocycles. The van der Waals surface area contributed by atoms with Gasteiger partial charge in [0.15, 0.2) is 6.61 Å². The minimum atomic E-state index is -0.534. The van der Waals surface area contributed by atoms with E-state index < -0.39 is 11.9 Å². The van der Waals surface area contributed by atoms with E-state index in [4.69, 9.17) is 9.15 Å². The molecule has 7 heteroatoms. The molecule has 132 valence electrons. The van der Waals surface area contributed by atoms with Crippen LogP contribution in [-0.2, 0) is 25.7 Å². The highest BCUT2D eigenvalue weighted by Gasteiger charge is 2.35. The van der Waals surface area contributed by atoms with Gasteiger partial charge in [-0.3, -0.25) is 14.4 Å². The zero-order chi connectivity index (χ0) is 17.5. The summed E-state index contributed by atoms with van der Waals surface area (Å²) in [6, 6.07) is 3.62. The van der Waals surface area contributed by atoms with Crippen molar-refractivity contribution in [3.63, 3.8) is 0 Å². The average Bonchev–Trinajstić information content (AvgIpc) is 3.21. The molecule has 0 bridgehead atoms. The van der Waals surface area contributed by atoms with Crippen molar-refractivity contribution in [2.24, 2.45) is 5.92 Å². The molecule has 0 radical (unpaired) electrons. The lowest BCUT2D eigenvalue weighted by Gasteiger charge is -2.16. The first-order valence-corrected chi connectivity index (χ1v) is 8.29. The van der Waals surface area contributed by atoms with Gasteiger partial charge in [-0.25, -0.2) is 0 Å². The number of nitrogens with one attached hydrogen (secondary N) is 1. The number of hydrogen-bond acceptors (Lipinski definition) is 5. The van der Waals surface area contributed by atoms with Crippen LogP contribution in [0.15, 0.2) is 22.8 Å². The Hall–Kier alpha value is -2.31. The van der Waals surface area contributed by atoms with E-state index in [2.05, 4.69) is 5.32 Å². The predicted molar refractivity (Wildman–Crippen MR) is 85.7 cm³/mol. The van der Waals surface area contributed by atoms with E-state index in [0.717, 1.165) is 12.8 Å². The van der Waals surface area contributed by atoms with E-state index in [1.54, 1.807) is 23.3 Å². The van der Waals surface area contributed by atoms with Crippen LogP contribution in [0.4, 0.5) is 0 Å². The number of hydrogen-bond donors (Lipinski definition) is 1. The standard InChI is InChI=1S/C17H24N2O5/c1-3-13(4-2)18-15(20)11-24-17(22)12-8-16(21)19(9-12)10-14-6-5-7-23-14/h5-7,12-13H,3-4,8-11H2,1-2H3,(H,18,20)/t12-/m0/s1. The van der Waals surface area contributed by atoms with Crippen LogP contribution in [0.2, 0.25) is 0 Å². The summed E-state index contributed by atoms with van der Waals surface area (Å²) in [6.07, 6.45) is 3.30. The topological polar surface area (TPSA) is 88.8 Å². The smallest absolute Gasteiger partial charge is 0.311 e. The second-order valence-corrected chi connectivity index (χ2v) is 5.94. The van der Waals surface area contributed by atoms with Crippen molar-refractivity contribution in [2.45, 2.75) is 45.7 Å². The number of nitrogens with zero attached hydrogens (tertiary/aromatic N) is 1. The van der Waals surface area contributed by atoms with Crippen LogP contribution in [0.1, 0.15) is 38.9 Å². The third-order valence-electron chi connectivity index (χ3n) is 4.17. The number of likely N-dealkylation sites (tertiary alicyclic amines) is 1. The SMILES string of the molecule is CCC(CC)NC(=O)COC(=O)[C@H]1CC(=O)N(Cc2ccco2)C1. The number of furan rings is 1. The van der Waals surface area contributed by atoms with Crippen molar-refractivity contribution in [3.8, 4) is 0 Å². The van der Waals surface area contributed by atoms with Gasteiger partial charge in [-0.2, -0.15) is 0 Å². The largest absolute Gasteiger partial charge is 0.467 e. The maximum Gasteiger partial charge on any atom is 0.311 e. The lowest BCUT2D eigenvalue weighted by molar-refractivity contribution is -0.152.